The molecule has 0 aliphatic heterocycles. The van der Waals surface area contributed by atoms with E-state index >= 15 is 0 Å². The predicted octanol–water partition coefficient (Wildman–Crippen LogP) is 2.85. The van der Waals surface area contributed by atoms with Crippen molar-refractivity contribution in [3.63, 3.8) is 0 Å². The van der Waals surface area contributed by atoms with E-state index in [-0.39, 0.29) is 22.9 Å². The Kier molecular flexibility index (Phi) is 4.01. The monoisotopic (exact) mass is 215 g/mol. The van der Waals surface area contributed by atoms with Gasteiger partial charge in [0.25, 0.3) is 5.91 Å². The zero-order chi connectivity index (χ0) is 10.6. The molecule has 14 heavy (non-hydrogen) atoms. The quantitative estimate of drug-likeness (QED) is 0.839. The van der Waals surface area contributed by atoms with E-state index in [9.17, 15) is 4.79 Å². The van der Waals surface area contributed by atoms with Crippen molar-refractivity contribution in [1.29, 1.82) is 0 Å². The van der Waals surface area contributed by atoms with Crippen LogP contribution in [0.4, 0.5) is 0 Å². The highest BCUT2D eigenvalue weighted by atomic mass is 35.5. The summed E-state index contributed by atoms with van der Waals surface area (Å²) in [4.78, 5) is 11.5. The minimum absolute atomic E-state index is 0.200. The Labute approximate surface area is 88.4 Å². The van der Waals surface area contributed by atoms with E-state index in [1.807, 2.05) is 13.8 Å². The number of rotatable bonds is 4. The van der Waals surface area contributed by atoms with Gasteiger partial charge >= 0.3 is 0 Å². The molecule has 0 atom stereocenters. The second-order valence-electron chi connectivity index (χ2n) is 3.09. The van der Waals surface area contributed by atoms with Crippen molar-refractivity contribution in [1.82, 2.24) is 5.32 Å². The summed E-state index contributed by atoms with van der Waals surface area (Å²) in [6.45, 7) is 4.06. The zero-order valence-corrected chi connectivity index (χ0v) is 9.10. The van der Waals surface area contributed by atoms with Crippen molar-refractivity contribution < 1.29 is 9.21 Å². The third-order valence-corrected chi connectivity index (χ3v) is 2.32. The van der Waals surface area contributed by atoms with E-state index in [0.717, 1.165) is 12.8 Å². The maximum atomic E-state index is 11.5. The lowest BCUT2D eigenvalue weighted by atomic mass is 10.2. The summed E-state index contributed by atoms with van der Waals surface area (Å²) >= 11 is 5.56. The topological polar surface area (TPSA) is 42.2 Å². The highest BCUT2D eigenvalue weighted by molar-refractivity contribution is 6.29. The Balaban J connectivity index is 2.58. The summed E-state index contributed by atoms with van der Waals surface area (Å²) in [7, 11) is 0. The van der Waals surface area contributed by atoms with Crippen molar-refractivity contribution in [2.45, 2.75) is 32.7 Å². The van der Waals surface area contributed by atoms with Crippen molar-refractivity contribution >= 4 is 17.5 Å². The fraction of sp³-hybridized carbons (Fsp3) is 0.500. The van der Waals surface area contributed by atoms with E-state index in [4.69, 9.17) is 16.0 Å². The van der Waals surface area contributed by atoms with Crippen LogP contribution in [0.3, 0.4) is 0 Å². The fourth-order valence-corrected chi connectivity index (χ4v) is 1.33. The summed E-state index contributed by atoms with van der Waals surface area (Å²) < 4.78 is 4.99. The van der Waals surface area contributed by atoms with Crippen LogP contribution in [0.1, 0.15) is 37.2 Å². The minimum Gasteiger partial charge on any atom is -0.440 e. The number of amides is 1. The number of nitrogens with one attached hydrogen (secondary N) is 1. The van der Waals surface area contributed by atoms with Crippen molar-refractivity contribution in [2.24, 2.45) is 0 Å². The normalized spacial score (nSPS) is 10.6. The van der Waals surface area contributed by atoms with Gasteiger partial charge in [0.05, 0.1) is 0 Å². The molecule has 0 spiro atoms. The summed E-state index contributed by atoms with van der Waals surface area (Å²) in [5.74, 6) is 0.0625. The van der Waals surface area contributed by atoms with Crippen LogP contribution in [0.5, 0.6) is 0 Å². The Morgan fingerprint density at radius 1 is 1.50 bits per heavy atom. The largest absolute Gasteiger partial charge is 0.440 e. The van der Waals surface area contributed by atoms with Gasteiger partial charge in [-0.25, -0.2) is 0 Å². The highest BCUT2D eigenvalue weighted by Crippen LogP contribution is 2.13. The fourth-order valence-electron chi connectivity index (χ4n) is 1.19. The predicted molar refractivity (Wildman–Crippen MR) is 55.6 cm³/mol. The molecule has 0 radical (unpaired) electrons. The van der Waals surface area contributed by atoms with E-state index < -0.39 is 0 Å². The maximum absolute atomic E-state index is 11.5. The van der Waals surface area contributed by atoms with Crippen molar-refractivity contribution in [2.75, 3.05) is 0 Å². The van der Waals surface area contributed by atoms with Gasteiger partial charge in [0.2, 0.25) is 0 Å². The van der Waals surface area contributed by atoms with Gasteiger partial charge < -0.3 is 9.73 Å². The molecular formula is C10H14ClNO2. The third-order valence-electron chi connectivity index (χ3n) is 2.12. The first-order valence-electron chi connectivity index (χ1n) is 4.73. The number of furan rings is 1. The average Bonchev–Trinajstić information content (AvgIpc) is 2.61. The van der Waals surface area contributed by atoms with Gasteiger partial charge in [-0.15, -0.1) is 0 Å². The standard InChI is InChI=1S/C10H14ClNO2/c1-3-7(4-2)12-10(13)8-5-6-9(11)14-8/h5-7H,3-4H2,1-2H3,(H,12,13). The first kappa shape index (κ1) is 11.1. The Morgan fingerprint density at radius 2 is 2.14 bits per heavy atom. The highest BCUT2D eigenvalue weighted by Gasteiger charge is 2.13. The molecule has 4 heteroatoms. The van der Waals surface area contributed by atoms with E-state index in [0.29, 0.717) is 0 Å². The number of hydrogen-bond acceptors (Lipinski definition) is 2. The lowest BCUT2D eigenvalue weighted by Gasteiger charge is -2.12. The summed E-state index contributed by atoms with van der Waals surface area (Å²) in [5, 5.41) is 3.09. The summed E-state index contributed by atoms with van der Waals surface area (Å²) in [6, 6.07) is 3.33. The first-order chi connectivity index (χ1) is 6.67. The Morgan fingerprint density at radius 3 is 2.57 bits per heavy atom. The molecule has 0 unspecified atom stereocenters. The van der Waals surface area contributed by atoms with E-state index in [1.165, 1.54) is 0 Å². The zero-order valence-electron chi connectivity index (χ0n) is 8.34. The van der Waals surface area contributed by atoms with Crippen LogP contribution in [-0.2, 0) is 0 Å². The molecule has 1 heterocycles. The molecular weight excluding hydrogens is 202 g/mol. The van der Waals surface area contributed by atoms with Crippen LogP contribution < -0.4 is 5.32 Å². The van der Waals surface area contributed by atoms with Crippen LogP contribution in [0.2, 0.25) is 5.22 Å². The molecule has 0 saturated carbocycles. The smallest absolute Gasteiger partial charge is 0.287 e. The third kappa shape index (κ3) is 2.77. The molecule has 0 fully saturated rings. The van der Waals surface area contributed by atoms with Gasteiger partial charge in [-0.1, -0.05) is 13.8 Å². The molecule has 3 nitrogen and oxygen atoms in total. The minimum atomic E-state index is -0.203. The number of halogens is 1. The van der Waals surface area contributed by atoms with Gasteiger partial charge in [0.15, 0.2) is 11.0 Å². The van der Waals surface area contributed by atoms with Gasteiger partial charge in [-0.3, -0.25) is 4.79 Å². The van der Waals surface area contributed by atoms with Crippen LogP contribution in [0.25, 0.3) is 0 Å². The molecule has 0 bridgehead atoms. The first-order valence-corrected chi connectivity index (χ1v) is 5.11. The maximum Gasteiger partial charge on any atom is 0.287 e. The van der Waals surface area contributed by atoms with Gasteiger partial charge in [0, 0.05) is 6.04 Å². The number of carbonyl (C=O) groups excluding carboxylic acids is 1. The van der Waals surface area contributed by atoms with E-state index in [1.54, 1.807) is 12.1 Å². The molecule has 0 saturated heterocycles. The molecule has 1 aromatic heterocycles. The van der Waals surface area contributed by atoms with Gasteiger partial charge in [-0.05, 0) is 36.6 Å². The molecule has 1 N–H and O–H groups in total. The van der Waals surface area contributed by atoms with E-state index in [2.05, 4.69) is 5.32 Å². The Bertz CT molecular complexity index is 305. The summed E-state index contributed by atoms with van der Waals surface area (Å²) in [5.41, 5.74) is 0. The molecule has 78 valence electrons. The van der Waals surface area contributed by atoms with Crippen LogP contribution in [-0.4, -0.2) is 11.9 Å². The molecule has 0 aromatic carbocycles. The number of hydrogen-bond donors (Lipinski definition) is 1. The number of carbonyl (C=O) groups is 1. The molecule has 0 aliphatic carbocycles. The SMILES string of the molecule is CCC(CC)NC(=O)c1ccc(Cl)o1. The van der Waals surface area contributed by atoms with Crippen LogP contribution in [0.15, 0.2) is 16.5 Å². The average molecular weight is 216 g/mol. The summed E-state index contributed by atoms with van der Waals surface area (Å²) in [6.07, 6.45) is 1.83. The second kappa shape index (κ2) is 5.05. The lowest BCUT2D eigenvalue weighted by Crippen LogP contribution is -2.33. The van der Waals surface area contributed by atoms with Crippen LogP contribution in [0, 0.1) is 0 Å². The molecule has 0 aliphatic rings. The molecule has 1 amide bonds. The van der Waals surface area contributed by atoms with Gasteiger partial charge in [0.1, 0.15) is 0 Å². The molecule has 1 rings (SSSR count). The van der Waals surface area contributed by atoms with Gasteiger partial charge in [-0.2, -0.15) is 0 Å². The van der Waals surface area contributed by atoms with Crippen LogP contribution >= 0.6 is 11.6 Å². The Hall–Kier alpha value is -0.960. The lowest BCUT2D eigenvalue weighted by molar-refractivity contribution is 0.0907. The molecule has 1 aromatic rings. The van der Waals surface area contributed by atoms with Crippen molar-refractivity contribution in [3.05, 3.63) is 23.1 Å². The second-order valence-corrected chi connectivity index (χ2v) is 3.46. The van der Waals surface area contributed by atoms with Crippen molar-refractivity contribution in [3.8, 4) is 0 Å².